The Morgan fingerprint density at radius 1 is 1.30 bits per heavy atom. The van der Waals surface area contributed by atoms with Gasteiger partial charge in [0.05, 0.1) is 5.69 Å². The molecule has 8 heteroatoms. The number of hydrogen-bond acceptors (Lipinski definition) is 3. The largest absolute Gasteiger partial charge is 0.471 e. The Kier molecular flexibility index (Phi) is 4.14. The molecule has 0 aliphatic rings. The van der Waals surface area contributed by atoms with E-state index in [1.165, 1.54) is 0 Å². The van der Waals surface area contributed by atoms with E-state index >= 15 is 0 Å². The summed E-state index contributed by atoms with van der Waals surface area (Å²) in [6, 6.07) is 7.20. The quantitative estimate of drug-likeness (QED) is 0.858. The fraction of sp³-hybridized carbons (Fsp3) is 0.167. The van der Waals surface area contributed by atoms with Gasteiger partial charge in [-0.1, -0.05) is 28.1 Å². The molecule has 0 saturated carbocycles. The number of carbonyl (C=O) groups excluding carboxylic acids is 1. The number of nitrogens with one attached hydrogen (secondary N) is 1. The lowest BCUT2D eigenvalue weighted by atomic mass is 10.1. The summed E-state index contributed by atoms with van der Waals surface area (Å²) < 4.78 is 37.4. The average molecular weight is 365 g/mol. The molecule has 0 radical (unpaired) electrons. The lowest BCUT2D eigenvalue weighted by Crippen LogP contribution is -2.29. The Balaban J connectivity index is 2.26. The van der Waals surface area contributed by atoms with Gasteiger partial charge in [0.2, 0.25) is 0 Å². The molecule has 0 bridgehead atoms. The first kappa shape index (κ1) is 15.0. The maximum atomic E-state index is 12.2. The monoisotopic (exact) mass is 364 g/mol. The minimum Gasteiger partial charge on any atom is -0.294 e. The van der Waals surface area contributed by atoms with Crippen LogP contribution in [0.4, 0.5) is 18.3 Å². The highest BCUT2D eigenvalue weighted by Gasteiger charge is 2.39. The molecule has 0 atom stereocenters. The highest BCUT2D eigenvalue weighted by molar-refractivity contribution is 9.10. The van der Waals surface area contributed by atoms with Gasteiger partial charge in [-0.05, 0) is 19.1 Å². The summed E-state index contributed by atoms with van der Waals surface area (Å²) in [6.45, 7) is 1.73. The standard InChI is InChI=1S/C12H8BrF3N2OS/c1-6-9(7-2-4-8(13)5-3-7)17-11(20-6)18-10(19)12(14,15)16/h2-5H,1H3,(H,17,18,19). The van der Waals surface area contributed by atoms with Crippen LogP contribution in [0, 0.1) is 6.92 Å². The molecule has 3 nitrogen and oxygen atoms in total. The Morgan fingerprint density at radius 2 is 1.90 bits per heavy atom. The zero-order chi connectivity index (χ0) is 14.9. The van der Waals surface area contributed by atoms with Crippen LogP contribution in [0.15, 0.2) is 28.7 Å². The number of nitrogens with zero attached hydrogens (tertiary/aromatic N) is 1. The van der Waals surface area contributed by atoms with E-state index in [0.717, 1.165) is 26.3 Å². The van der Waals surface area contributed by atoms with Crippen LogP contribution in [0.25, 0.3) is 11.3 Å². The number of anilines is 1. The summed E-state index contributed by atoms with van der Waals surface area (Å²) in [4.78, 5) is 15.6. The second kappa shape index (κ2) is 5.53. The van der Waals surface area contributed by atoms with Crippen LogP contribution in [-0.4, -0.2) is 17.1 Å². The SMILES string of the molecule is Cc1sc(NC(=O)C(F)(F)F)nc1-c1ccc(Br)cc1. The molecule has 1 amide bonds. The van der Waals surface area contributed by atoms with Gasteiger partial charge >= 0.3 is 12.1 Å². The molecule has 0 aliphatic carbocycles. The summed E-state index contributed by atoms with van der Waals surface area (Å²) in [5.41, 5.74) is 1.33. The van der Waals surface area contributed by atoms with Crippen molar-refractivity contribution >= 4 is 38.3 Å². The van der Waals surface area contributed by atoms with E-state index in [1.54, 1.807) is 24.4 Å². The van der Waals surface area contributed by atoms with Crippen molar-refractivity contribution in [1.82, 2.24) is 4.98 Å². The second-order valence-corrected chi connectivity index (χ2v) is 6.00. The van der Waals surface area contributed by atoms with Gasteiger partial charge in [-0.25, -0.2) is 4.98 Å². The van der Waals surface area contributed by atoms with Crippen molar-refractivity contribution in [3.05, 3.63) is 33.6 Å². The first-order valence-corrected chi connectivity index (χ1v) is 7.00. The molecule has 0 aliphatic heterocycles. The summed E-state index contributed by atoms with van der Waals surface area (Å²) in [5, 5.41) is 1.69. The summed E-state index contributed by atoms with van der Waals surface area (Å²) in [6.07, 6.45) is -4.92. The minimum absolute atomic E-state index is 0.0669. The van der Waals surface area contributed by atoms with Crippen molar-refractivity contribution in [3.63, 3.8) is 0 Å². The highest BCUT2D eigenvalue weighted by Crippen LogP contribution is 2.31. The molecule has 20 heavy (non-hydrogen) atoms. The number of alkyl halides is 3. The van der Waals surface area contributed by atoms with E-state index in [1.807, 2.05) is 12.1 Å². The number of aromatic nitrogens is 1. The van der Waals surface area contributed by atoms with Crippen molar-refractivity contribution in [2.75, 3.05) is 5.32 Å². The van der Waals surface area contributed by atoms with Crippen molar-refractivity contribution in [3.8, 4) is 11.3 Å². The second-order valence-electron chi connectivity index (χ2n) is 3.88. The van der Waals surface area contributed by atoms with E-state index in [-0.39, 0.29) is 5.13 Å². The number of benzene rings is 1. The van der Waals surface area contributed by atoms with E-state index in [9.17, 15) is 18.0 Å². The Labute approximate surface area is 125 Å². The van der Waals surface area contributed by atoms with Gasteiger partial charge in [0, 0.05) is 14.9 Å². The third-order valence-corrected chi connectivity index (χ3v) is 3.81. The van der Waals surface area contributed by atoms with E-state index in [4.69, 9.17) is 0 Å². The molecule has 1 heterocycles. The Bertz CT molecular complexity index is 637. The van der Waals surface area contributed by atoms with Gasteiger partial charge in [0.25, 0.3) is 0 Å². The van der Waals surface area contributed by atoms with Gasteiger partial charge in [-0.2, -0.15) is 13.2 Å². The minimum atomic E-state index is -4.92. The Hall–Kier alpha value is -1.41. The number of aryl methyl sites for hydroxylation is 1. The molecule has 2 aromatic rings. The molecule has 0 unspecified atom stereocenters. The van der Waals surface area contributed by atoms with E-state index < -0.39 is 12.1 Å². The van der Waals surface area contributed by atoms with Crippen LogP contribution in [0.5, 0.6) is 0 Å². The number of amides is 1. The first-order chi connectivity index (χ1) is 9.27. The van der Waals surface area contributed by atoms with Crippen LogP contribution >= 0.6 is 27.3 Å². The number of thiazole rings is 1. The summed E-state index contributed by atoms with van der Waals surface area (Å²) >= 11 is 4.30. The van der Waals surface area contributed by atoms with E-state index in [0.29, 0.717) is 5.69 Å². The maximum Gasteiger partial charge on any atom is 0.471 e. The molecule has 106 valence electrons. The fourth-order valence-corrected chi connectivity index (χ4v) is 2.59. The van der Waals surface area contributed by atoms with Gasteiger partial charge < -0.3 is 0 Å². The molecule has 1 N–H and O–H groups in total. The van der Waals surface area contributed by atoms with Crippen LogP contribution in [0.2, 0.25) is 0 Å². The first-order valence-electron chi connectivity index (χ1n) is 5.39. The van der Waals surface area contributed by atoms with E-state index in [2.05, 4.69) is 20.9 Å². The summed E-state index contributed by atoms with van der Waals surface area (Å²) in [5.74, 6) is -2.02. The molecule has 1 aromatic carbocycles. The number of halogens is 4. The lowest BCUT2D eigenvalue weighted by Gasteiger charge is -2.04. The Morgan fingerprint density at radius 3 is 2.45 bits per heavy atom. The zero-order valence-corrected chi connectivity index (χ0v) is 12.5. The maximum absolute atomic E-state index is 12.2. The van der Waals surface area contributed by atoms with Crippen LogP contribution in [0.3, 0.4) is 0 Å². The van der Waals surface area contributed by atoms with Crippen molar-refractivity contribution in [2.45, 2.75) is 13.1 Å². The fourth-order valence-electron chi connectivity index (χ4n) is 1.49. The van der Waals surface area contributed by atoms with Crippen LogP contribution < -0.4 is 5.32 Å². The topological polar surface area (TPSA) is 42.0 Å². The van der Waals surface area contributed by atoms with Crippen molar-refractivity contribution in [2.24, 2.45) is 0 Å². The molecule has 0 spiro atoms. The van der Waals surface area contributed by atoms with Crippen LogP contribution in [0.1, 0.15) is 4.88 Å². The highest BCUT2D eigenvalue weighted by atomic mass is 79.9. The predicted octanol–water partition coefficient (Wildman–Crippen LogP) is 4.38. The molecule has 1 aromatic heterocycles. The van der Waals surface area contributed by atoms with Crippen LogP contribution in [-0.2, 0) is 4.79 Å². The molecule has 0 saturated heterocycles. The number of hydrogen-bond donors (Lipinski definition) is 1. The molecular weight excluding hydrogens is 357 g/mol. The molecule has 2 rings (SSSR count). The van der Waals surface area contributed by atoms with Gasteiger partial charge in [0.15, 0.2) is 5.13 Å². The number of carbonyl (C=O) groups is 1. The van der Waals surface area contributed by atoms with Gasteiger partial charge in [0.1, 0.15) is 0 Å². The molecular formula is C12H8BrF3N2OS. The van der Waals surface area contributed by atoms with Crippen molar-refractivity contribution in [1.29, 1.82) is 0 Å². The smallest absolute Gasteiger partial charge is 0.294 e. The average Bonchev–Trinajstić information content (AvgIpc) is 2.70. The number of rotatable bonds is 2. The predicted molar refractivity (Wildman–Crippen MR) is 74.7 cm³/mol. The van der Waals surface area contributed by atoms with Crippen molar-refractivity contribution < 1.29 is 18.0 Å². The van der Waals surface area contributed by atoms with Gasteiger partial charge in [-0.3, -0.25) is 10.1 Å². The third kappa shape index (κ3) is 3.37. The van der Waals surface area contributed by atoms with Gasteiger partial charge in [-0.15, -0.1) is 11.3 Å². The molecule has 0 fully saturated rings. The zero-order valence-electron chi connectivity index (χ0n) is 10.1. The normalized spacial score (nSPS) is 11.4. The third-order valence-electron chi connectivity index (χ3n) is 2.39. The summed E-state index contributed by atoms with van der Waals surface area (Å²) in [7, 11) is 0. The lowest BCUT2D eigenvalue weighted by molar-refractivity contribution is -0.167.